The zero-order valence-corrected chi connectivity index (χ0v) is 17.3. The molecule has 1 atom stereocenters. The van der Waals surface area contributed by atoms with Crippen molar-refractivity contribution in [2.24, 2.45) is 0 Å². The van der Waals surface area contributed by atoms with Crippen LogP contribution in [0.3, 0.4) is 0 Å². The molecule has 3 heterocycles. The fourth-order valence-corrected chi connectivity index (χ4v) is 3.47. The quantitative estimate of drug-likeness (QED) is 0.467. The standard InChI is InChI=1S/C21H21BrN5O/c1-15(17-8-4-3-5-9-17)19-11-20(27-21(25-19)18(22)13-24-27)23-12-16-7-6-10-26(14-16)28-2/h3-11,13-15,23H,12H2,1-2H3/q+1. The molecule has 0 aliphatic rings. The second-order valence-electron chi connectivity index (χ2n) is 6.53. The predicted molar refractivity (Wildman–Crippen MR) is 111 cm³/mol. The van der Waals surface area contributed by atoms with E-state index >= 15 is 0 Å². The van der Waals surface area contributed by atoms with Crippen LogP contribution in [0.5, 0.6) is 0 Å². The molecule has 0 aliphatic carbocycles. The molecule has 7 heteroatoms. The van der Waals surface area contributed by atoms with Gasteiger partial charge in [0.1, 0.15) is 12.9 Å². The number of aromatic nitrogens is 4. The van der Waals surface area contributed by atoms with E-state index in [9.17, 15) is 0 Å². The number of anilines is 1. The maximum Gasteiger partial charge on any atom is 0.227 e. The van der Waals surface area contributed by atoms with Gasteiger partial charge in [-0.3, -0.25) is 4.84 Å². The van der Waals surface area contributed by atoms with E-state index < -0.39 is 0 Å². The van der Waals surface area contributed by atoms with Crippen molar-refractivity contribution in [3.05, 3.63) is 88.4 Å². The van der Waals surface area contributed by atoms with Gasteiger partial charge in [-0.05, 0) is 27.6 Å². The molecular weight excluding hydrogens is 418 g/mol. The molecule has 0 saturated heterocycles. The van der Waals surface area contributed by atoms with Crippen molar-refractivity contribution in [2.75, 3.05) is 12.4 Å². The number of benzene rings is 1. The Kier molecular flexibility index (Phi) is 5.25. The minimum atomic E-state index is 0.168. The highest BCUT2D eigenvalue weighted by Crippen LogP contribution is 2.27. The molecule has 0 bridgehead atoms. The summed E-state index contributed by atoms with van der Waals surface area (Å²) < 4.78 is 4.36. The number of halogens is 1. The Bertz CT molecular complexity index is 1100. The number of pyridine rings is 1. The monoisotopic (exact) mass is 438 g/mol. The Hall–Kier alpha value is -2.93. The second-order valence-corrected chi connectivity index (χ2v) is 7.39. The lowest BCUT2D eigenvalue weighted by Crippen LogP contribution is -2.40. The molecule has 1 N–H and O–H groups in total. The van der Waals surface area contributed by atoms with Crippen LogP contribution >= 0.6 is 15.9 Å². The van der Waals surface area contributed by atoms with Gasteiger partial charge in [-0.25, -0.2) is 4.98 Å². The highest BCUT2D eigenvalue weighted by atomic mass is 79.9. The van der Waals surface area contributed by atoms with Crippen LogP contribution in [0.2, 0.25) is 0 Å². The van der Waals surface area contributed by atoms with Crippen LogP contribution in [-0.2, 0) is 6.54 Å². The summed E-state index contributed by atoms with van der Waals surface area (Å²) in [5, 5.41) is 7.94. The van der Waals surface area contributed by atoms with Gasteiger partial charge in [-0.2, -0.15) is 9.61 Å². The fraction of sp³-hybridized carbons (Fsp3) is 0.190. The van der Waals surface area contributed by atoms with Crippen LogP contribution in [0.15, 0.2) is 71.6 Å². The van der Waals surface area contributed by atoms with Gasteiger partial charge < -0.3 is 5.32 Å². The Morgan fingerprint density at radius 1 is 1.21 bits per heavy atom. The number of nitrogens with one attached hydrogen (secondary N) is 1. The zero-order valence-electron chi connectivity index (χ0n) is 15.7. The molecule has 0 fully saturated rings. The van der Waals surface area contributed by atoms with Gasteiger partial charge in [0.05, 0.1) is 16.4 Å². The summed E-state index contributed by atoms with van der Waals surface area (Å²) in [4.78, 5) is 10.1. The van der Waals surface area contributed by atoms with E-state index in [4.69, 9.17) is 9.82 Å². The molecule has 0 spiro atoms. The zero-order chi connectivity index (χ0) is 19.5. The Morgan fingerprint density at radius 2 is 2.04 bits per heavy atom. The van der Waals surface area contributed by atoms with Crippen molar-refractivity contribution < 1.29 is 9.57 Å². The summed E-state index contributed by atoms with van der Waals surface area (Å²) in [6, 6.07) is 16.5. The molecule has 6 nitrogen and oxygen atoms in total. The second kappa shape index (κ2) is 7.98. The fourth-order valence-electron chi connectivity index (χ4n) is 3.13. The molecule has 0 radical (unpaired) electrons. The molecule has 28 heavy (non-hydrogen) atoms. The number of hydrogen-bond acceptors (Lipinski definition) is 4. The lowest BCUT2D eigenvalue weighted by atomic mass is 9.97. The van der Waals surface area contributed by atoms with Gasteiger partial charge in [-0.15, -0.1) is 0 Å². The van der Waals surface area contributed by atoms with Gasteiger partial charge in [0.25, 0.3) is 0 Å². The molecule has 1 aromatic carbocycles. The third kappa shape index (κ3) is 3.71. The van der Waals surface area contributed by atoms with Crippen LogP contribution in [0, 0.1) is 0 Å². The lowest BCUT2D eigenvalue weighted by molar-refractivity contribution is -0.885. The van der Waals surface area contributed by atoms with Crippen LogP contribution in [0.1, 0.15) is 29.7 Å². The number of hydrogen-bond donors (Lipinski definition) is 1. The Labute approximate surface area is 171 Å². The average molecular weight is 439 g/mol. The Balaban J connectivity index is 1.68. The van der Waals surface area contributed by atoms with Crippen LogP contribution in [0.4, 0.5) is 5.82 Å². The first-order chi connectivity index (χ1) is 13.7. The van der Waals surface area contributed by atoms with Gasteiger partial charge in [0.15, 0.2) is 5.65 Å². The SMILES string of the molecule is CO[n+]1cccc(CNc2cc(C(C)c3ccccc3)nc3c(Br)cnn23)c1. The smallest absolute Gasteiger partial charge is 0.227 e. The predicted octanol–water partition coefficient (Wildman–Crippen LogP) is 3.60. The highest BCUT2D eigenvalue weighted by molar-refractivity contribution is 9.10. The largest absolute Gasteiger partial charge is 0.366 e. The summed E-state index contributed by atoms with van der Waals surface area (Å²) in [5.74, 6) is 1.06. The molecule has 3 aromatic heterocycles. The summed E-state index contributed by atoms with van der Waals surface area (Å²) in [5.41, 5.74) is 4.11. The number of nitrogens with zero attached hydrogens (tertiary/aromatic N) is 4. The first-order valence-corrected chi connectivity index (χ1v) is 9.82. The van der Waals surface area contributed by atoms with Crippen molar-refractivity contribution >= 4 is 27.4 Å². The van der Waals surface area contributed by atoms with E-state index in [1.165, 1.54) is 5.56 Å². The molecule has 4 rings (SSSR count). The highest BCUT2D eigenvalue weighted by Gasteiger charge is 2.16. The number of fused-ring (bicyclic) bond motifs is 1. The third-order valence-corrected chi connectivity index (χ3v) is 5.27. The minimum absolute atomic E-state index is 0.168. The summed E-state index contributed by atoms with van der Waals surface area (Å²) >= 11 is 3.56. The van der Waals surface area contributed by atoms with Crippen LogP contribution < -0.4 is 14.9 Å². The molecule has 142 valence electrons. The van der Waals surface area contributed by atoms with E-state index in [2.05, 4.69) is 63.6 Å². The molecule has 4 aromatic rings. The van der Waals surface area contributed by atoms with E-state index in [0.29, 0.717) is 6.54 Å². The van der Waals surface area contributed by atoms with Gasteiger partial charge in [-0.1, -0.05) is 37.3 Å². The van der Waals surface area contributed by atoms with Crippen molar-refractivity contribution in [3.8, 4) is 0 Å². The van der Waals surface area contributed by atoms with E-state index in [1.807, 2.05) is 35.1 Å². The maximum absolute atomic E-state index is 5.24. The molecule has 0 amide bonds. The lowest BCUT2D eigenvalue weighted by Gasteiger charge is -2.15. The van der Waals surface area contributed by atoms with Crippen molar-refractivity contribution in [1.82, 2.24) is 14.6 Å². The summed E-state index contributed by atoms with van der Waals surface area (Å²) in [6.07, 6.45) is 5.57. The maximum atomic E-state index is 5.24. The van der Waals surface area contributed by atoms with E-state index in [-0.39, 0.29) is 5.92 Å². The minimum Gasteiger partial charge on any atom is -0.366 e. The van der Waals surface area contributed by atoms with Crippen molar-refractivity contribution in [3.63, 3.8) is 0 Å². The van der Waals surface area contributed by atoms with E-state index in [1.54, 1.807) is 18.0 Å². The Morgan fingerprint density at radius 3 is 2.82 bits per heavy atom. The third-order valence-electron chi connectivity index (χ3n) is 4.71. The number of rotatable bonds is 6. The normalized spacial score (nSPS) is 12.1. The molecule has 1 unspecified atom stereocenters. The first kappa shape index (κ1) is 18.4. The van der Waals surface area contributed by atoms with Gasteiger partial charge in [0.2, 0.25) is 12.4 Å². The summed E-state index contributed by atoms with van der Waals surface area (Å²) in [7, 11) is 1.64. The molecular formula is C21H21BrN5O+. The van der Waals surface area contributed by atoms with E-state index in [0.717, 1.165) is 27.2 Å². The van der Waals surface area contributed by atoms with Crippen LogP contribution in [0.25, 0.3) is 5.65 Å². The summed E-state index contributed by atoms with van der Waals surface area (Å²) in [6.45, 7) is 2.81. The van der Waals surface area contributed by atoms with Crippen molar-refractivity contribution in [2.45, 2.75) is 19.4 Å². The molecule has 0 saturated carbocycles. The topological polar surface area (TPSA) is 55.3 Å². The van der Waals surface area contributed by atoms with Crippen molar-refractivity contribution in [1.29, 1.82) is 0 Å². The van der Waals surface area contributed by atoms with Gasteiger partial charge >= 0.3 is 0 Å². The molecule has 0 aliphatic heterocycles. The van der Waals surface area contributed by atoms with Gasteiger partial charge in [0, 0.05) is 34.9 Å². The first-order valence-electron chi connectivity index (χ1n) is 9.03. The van der Waals surface area contributed by atoms with Crippen LogP contribution in [-0.4, -0.2) is 21.7 Å². The average Bonchev–Trinajstić information content (AvgIpc) is 3.13.